The van der Waals surface area contributed by atoms with E-state index in [9.17, 15) is 0 Å². The maximum atomic E-state index is 5.05. The fraction of sp³-hybridized carbons (Fsp3) is 0.500. The van der Waals surface area contributed by atoms with Crippen LogP contribution in [0, 0.1) is 0 Å². The molecule has 0 N–H and O–H groups in total. The van der Waals surface area contributed by atoms with Gasteiger partial charge in [-0.25, -0.2) is 0 Å². The Balaban J connectivity index is 2.59. The molecule has 80 valence electrons. The van der Waals surface area contributed by atoms with Crippen molar-refractivity contribution in [3.8, 4) is 11.5 Å². The number of hydrogen-bond acceptors (Lipinski definition) is 4. The van der Waals surface area contributed by atoms with Crippen molar-refractivity contribution in [2.75, 3.05) is 0 Å². The van der Waals surface area contributed by atoms with E-state index in [1.807, 2.05) is 11.7 Å². The molecule has 0 bridgehead atoms. The first kappa shape index (κ1) is 9.89. The Kier molecular flexibility index (Phi) is 2.10. The second-order valence-corrected chi connectivity index (χ2v) is 4.53. The van der Waals surface area contributed by atoms with E-state index in [1.165, 1.54) is 6.33 Å². The maximum absolute atomic E-state index is 5.05. The monoisotopic (exact) mass is 206 g/mol. The van der Waals surface area contributed by atoms with Crippen LogP contribution in [0.25, 0.3) is 11.5 Å². The van der Waals surface area contributed by atoms with Gasteiger partial charge in [-0.2, -0.15) is 10.1 Å². The van der Waals surface area contributed by atoms with Gasteiger partial charge >= 0.3 is 0 Å². The first-order valence-corrected chi connectivity index (χ1v) is 4.79. The fourth-order valence-corrected chi connectivity index (χ4v) is 1.78. The summed E-state index contributed by atoms with van der Waals surface area (Å²) in [4.78, 5) is 4.04. The van der Waals surface area contributed by atoms with Crippen molar-refractivity contribution in [2.45, 2.75) is 26.2 Å². The van der Waals surface area contributed by atoms with E-state index in [-0.39, 0.29) is 5.41 Å². The molecule has 0 amide bonds. The van der Waals surface area contributed by atoms with Gasteiger partial charge in [-0.1, -0.05) is 25.9 Å². The van der Waals surface area contributed by atoms with Crippen LogP contribution < -0.4 is 0 Å². The van der Waals surface area contributed by atoms with Gasteiger partial charge in [0.15, 0.2) is 6.33 Å². The minimum Gasteiger partial charge on any atom is -0.334 e. The van der Waals surface area contributed by atoms with Crippen molar-refractivity contribution in [1.82, 2.24) is 19.9 Å². The minimum atomic E-state index is -0.00491. The Hall–Kier alpha value is -1.65. The lowest BCUT2D eigenvalue weighted by molar-refractivity contribution is 0.427. The van der Waals surface area contributed by atoms with Crippen LogP contribution in [0.15, 0.2) is 17.0 Å². The summed E-state index contributed by atoms with van der Waals surface area (Å²) in [5.74, 6) is 0.521. The molecule has 0 radical (unpaired) electrons. The summed E-state index contributed by atoms with van der Waals surface area (Å²) < 4.78 is 6.90. The van der Waals surface area contributed by atoms with Gasteiger partial charge in [-0.05, 0) is 0 Å². The second kappa shape index (κ2) is 3.18. The van der Waals surface area contributed by atoms with E-state index in [1.54, 1.807) is 6.20 Å². The minimum absolute atomic E-state index is 0.00491. The van der Waals surface area contributed by atoms with Gasteiger partial charge in [0.05, 0.1) is 17.5 Å². The van der Waals surface area contributed by atoms with Gasteiger partial charge in [-0.15, -0.1) is 0 Å². The zero-order valence-corrected chi connectivity index (χ0v) is 9.35. The quantitative estimate of drug-likeness (QED) is 0.713. The molecule has 0 saturated carbocycles. The zero-order chi connectivity index (χ0) is 11.1. The zero-order valence-electron chi connectivity index (χ0n) is 9.35. The third-order valence-corrected chi connectivity index (χ3v) is 2.24. The molecule has 2 aromatic rings. The molecule has 0 aliphatic heterocycles. The van der Waals surface area contributed by atoms with Crippen LogP contribution >= 0.6 is 0 Å². The Morgan fingerprint density at radius 3 is 2.60 bits per heavy atom. The SMILES string of the molecule is Cn1ncc(-c2ncno2)c1C(C)(C)C. The number of hydrogen-bond donors (Lipinski definition) is 0. The Morgan fingerprint density at radius 2 is 2.07 bits per heavy atom. The van der Waals surface area contributed by atoms with Gasteiger partial charge in [-0.3, -0.25) is 4.68 Å². The van der Waals surface area contributed by atoms with E-state index < -0.39 is 0 Å². The molecule has 2 aromatic heterocycles. The smallest absolute Gasteiger partial charge is 0.261 e. The van der Waals surface area contributed by atoms with Crippen LogP contribution in [0.1, 0.15) is 26.5 Å². The van der Waals surface area contributed by atoms with Gasteiger partial charge in [0.1, 0.15) is 0 Å². The molecule has 2 rings (SSSR count). The molecule has 0 aliphatic carbocycles. The van der Waals surface area contributed by atoms with Crippen LogP contribution in [0.2, 0.25) is 0 Å². The molecule has 0 aliphatic rings. The van der Waals surface area contributed by atoms with E-state index in [2.05, 4.69) is 36.0 Å². The predicted molar refractivity (Wildman–Crippen MR) is 55.2 cm³/mol. The highest BCUT2D eigenvalue weighted by molar-refractivity contribution is 5.57. The van der Waals surface area contributed by atoms with Gasteiger partial charge < -0.3 is 4.52 Å². The Bertz CT molecular complexity index is 450. The normalized spacial score (nSPS) is 12.0. The van der Waals surface area contributed by atoms with Crippen LogP contribution in [0.5, 0.6) is 0 Å². The molecule has 0 unspecified atom stereocenters. The molecular weight excluding hydrogens is 192 g/mol. The molecule has 0 atom stereocenters. The maximum Gasteiger partial charge on any atom is 0.261 e. The molecule has 0 spiro atoms. The fourth-order valence-electron chi connectivity index (χ4n) is 1.78. The predicted octanol–water partition coefficient (Wildman–Crippen LogP) is 1.77. The molecule has 0 saturated heterocycles. The van der Waals surface area contributed by atoms with Gasteiger partial charge in [0.2, 0.25) is 0 Å². The van der Waals surface area contributed by atoms with Gasteiger partial charge in [0.25, 0.3) is 5.89 Å². The van der Waals surface area contributed by atoms with Crippen molar-refractivity contribution in [1.29, 1.82) is 0 Å². The summed E-state index contributed by atoms with van der Waals surface area (Å²) in [6.07, 6.45) is 3.16. The first-order valence-electron chi connectivity index (χ1n) is 4.79. The number of aromatic nitrogens is 4. The summed E-state index contributed by atoms with van der Waals surface area (Å²) in [5, 5.41) is 7.84. The summed E-state index contributed by atoms with van der Waals surface area (Å²) in [7, 11) is 1.92. The molecule has 15 heavy (non-hydrogen) atoms. The highest BCUT2D eigenvalue weighted by atomic mass is 16.5. The van der Waals surface area contributed by atoms with Crippen LogP contribution in [0.3, 0.4) is 0 Å². The van der Waals surface area contributed by atoms with E-state index >= 15 is 0 Å². The van der Waals surface area contributed by atoms with Crippen LogP contribution in [-0.2, 0) is 12.5 Å². The Morgan fingerprint density at radius 1 is 1.33 bits per heavy atom. The van der Waals surface area contributed by atoms with Crippen molar-refractivity contribution < 1.29 is 4.52 Å². The molecule has 0 aromatic carbocycles. The first-order chi connectivity index (χ1) is 7.00. The third-order valence-electron chi connectivity index (χ3n) is 2.24. The van der Waals surface area contributed by atoms with Gasteiger partial charge in [0, 0.05) is 12.5 Å². The lowest BCUT2D eigenvalue weighted by Gasteiger charge is -2.19. The highest BCUT2D eigenvalue weighted by Crippen LogP contribution is 2.30. The number of rotatable bonds is 1. The molecule has 0 fully saturated rings. The summed E-state index contributed by atoms with van der Waals surface area (Å²) in [6, 6.07) is 0. The Labute approximate surface area is 88.1 Å². The van der Waals surface area contributed by atoms with E-state index in [0.717, 1.165) is 11.3 Å². The van der Waals surface area contributed by atoms with Crippen molar-refractivity contribution in [3.05, 3.63) is 18.2 Å². The molecule has 5 heteroatoms. The van der Waals surface area contributed by atoms with Crippen LogP contribution in [0.4, 0.5) is 0 Å². The third kappa shape index (κ3) is 1.65. The van der Waals surface area contributed by atoms with E-state index in [0.29, 0.717) is 5.89 Å². The average molecular weight is 206 g/mol. The number of nitrogens with zero attached hydrogens (tertiary/aromatic N) is 4. The molecular formula is C10H14N4O. The lowest BCUT2D eigenvalue weighted by Crippen LogP contribution is -2.17. The second-order valence-electron chi connectivity index (χ2n) is 4.53. The van der Waals surface area contributed by atoms with Crippen molar-refractivity contribution in [3.63, 3.8) is 0 Å². The highest BCUT2D eigenvalue weighted by Gasteiger charge is 2.25. The molecule has 2 heterocycles. The lowest BCUT2D eigenvalue weighted by atomic mass is 9.89. The topological polar surface area (TPSA) is 56.7 Å². The largest absolute Gasteiger partial charge is 0.334 e. The summed E-state index contributed by atoms with van der Waals surface area (Å²) in [6.45, 7) is 6.39. The molecule has 5 nitrogen and oxygen atoms in total. The number of aryl methyl sites for hydroxylation is 1. The summed E-state index contributed by atoms with van der Waals surface area (Å²) in [5.41, 5.74) is 1.99. The summed E-state index contributed by atoms with van der Waals surface area (Å²) >= 11 is 0. The standard InChI is InChI=1S/C10H14N4O/c1-10(2,3)8-7(5-12-14(8)4)9-11-6-13-15-9/h5-6H,1-4H3. The van der Waals surface area contributed by atoms with Crippen molar-refractivity contribution >= 4 is 0 Å². The van der Waals surface area contributed by atoms with Crippen molar-refractivity contribution in [2.24, 2.45) is 7.05 Å². The van der Waals surface area contributed by atoms with E-state index in [4.69, 9.17) is 4.52 Å². The van der Waals surface area contributed by atoms with Crippen LogP contribution in [-0.4, -0.2) is 19.9 Å². The average Bonchev–Trinajstić information content (AvgIpc) is 2.68.